The molecule has 11 heavy (non-hydrogen) atoms. The van der Waals surface area contributed by atoms with E-state index in [1.807, 2.05) is 0 Å². The molecule has 0 aromatic heterocycles. The van der Waals surface area contributed by atoms with Crippen molar-refractivity contribution in [3.05, 3.63) is 16.2 Å². The highest BCUT2D eigenvalue weighted by Gasteiger charge is 2.36. The monoisotopic (exact) mass is 160 g/mol. The molecule has 0 aromatic carbocycles. The maximum atomic E-state index is 10.2. The number of rotatable bonds is 1. The second-order valence-electron chi connectivity index (χ2n) is 2.80. The third-order valence-corrected chi connectivity index (χ3v) is 1.43. The summed E-state index contributed by atoms with van der Waals surface area (Å²) in [6.45, 7) is 3.56. The lowest BCUT2D eigenvalue weighted by molar-refractivity contribution is -0.493. The third kappa shape index (κ3) is 2.13. The van der Waals surface area contributed by atoms with E-state index in [4.69, 9.17) is 9.47 Å². The summed E-state index contributed by atoms with van der Waals surface area (Å²) in [5, 5.41) is 10.2. The summed E-state index contributed by atoms with van der Waals surface area (Å²) < 4.78 is 10.1. The van der Waals surface area contributed by atoms with Crippen LogP contribution in [0.4, 0.5) is 0 Å². The van der Waals surface area contributed by atoms with Crippen molar-refractivity contribution >= 4 is 0 Å². The fourth-order valence-corrected chi connectivity index (χ4v) is 0.703. The summed E-state index contributed by atoms with van der Waals surface area (Å²) in [5.74, 6) is -0.681. The maximum absolute atomic E-state index is 10.2. The van der Waals surface area contributed by atoms with Crippen LogP contribution in [0.1, 0.15) is 13.8 Å². The first-order valence-electron chi connectivity index (χ1n) is 3.28. The second-order valence-corrected chi connectivity index (χ2v) is 2.80. The summed E-state index contributed by atoms with van der Waals surface area (Å²) >= 11 is 0. The molecule has 0 aliphatic carbocycles. The molecule has 0 atom stereocenters. The van der Waals surface area contributed by atoms with Crippen molar-refractivity contribution < 1.29 is 14.4 Å². The smallest absolute Gasteiger partial charge is 0.340 e. The summed E-state index contributed by atoms with van der Waals surface area (Å²) in [6, 6.07) is 0.0734. The molecule has 0 aromatic rings. The van der Waals surface area contributed by atoms with Gasteiger partial charge in [-0.2, -0.15) is 0 Å². The topological polar surface area (TPSA) is 61.6 Å². The van der Waals surface area contributed by atoms with Gasteiger partial charge in [-0.1, -0.05) is 0 Å². The lowest BCUT2D eigenvalue weighted by Crippen LogP contribution is -2.40. The molecule has 5 heteroatoms. The van der Waals surface area contributed by atoms with Crippen molar-refractivity contribution in [3.63, 3.8) is 0 Å². The number of hydrogen-bond acceptors (Lipinski definition) is 4. The Morgan fingerprint density at radius 3 is 2.27 bits per heavy atom. The highest BCUT2D eigenvalue weighted by atomic mass is 16.7. The van der Waals surface area contributed by atoms with Gasteiger partial charge in [0.05, 0.1) is 0 Å². The van der Waals surface area contributed by atoms with E-state index >= 15 is 0 Å². The zero-order chi connectivity index (χ0) is 8.48. The van der Waals surface area contributed by atoms with Gasteiger partial charge in [-0.25, -0.2) is 0 Å². The van der Waals surface area contributed by atoms with E-state index in [-0.39, 0.29) is 19.3 Å². The first kappa shape index (κ1) is 8.42. The first-order chi connectivity index (χ1) is 5.01. The Hall–Kier alpha value is -0.680. The summed E-state index contributed by atoms with van der Waals surface area (Å²) in [6.07, 6.45) is 0. The van der Waals surface area contributed by atoms with Crippen LogP contribution in [0.3, 0.4) is 0 Å². The zero-order valence-corrected chi connectivity index (χ0v) is 6.49. The average molecular weight is 160 g/mol. The van der Waals surface area contributed by atoms with Gasteiger partial charge in [-0.3, -0.25) is 10.1 Å². The molecular formula is C6H10NO4. The van der Waals surface area contributed by atoms with E-state index < -0.39 is 10.7 Å². The Balaban J connectivity index is 2.42. The van der Waals surface area contributed by atoms with Crippen LogP contribution in [-0.2, 0) is 9.47 Å². The predicted molar refractivity (Wildman–Crippen MR) is 36.2 cm³/mol. The molecule has 1 fully saturated rings. The molecule has 1 aliphatic heterocycles. The largest absolute Gasteiger partial charge is 0.343 e. The van der Waals surface area contributed by atoms with Crippen LogP contribution in [0.5, 0.6) is 0 Å². The van der Waals surface area contributed by atoms with Gasteiger partial charge in [0.1, 0.15) is 13.2 Å². The van der Waals surface area contributed by atoms with Gasteiger partial charge in [0.15, 0.2) is 5.79 Å². The minimum absolute atomic E-state index is 0.0556. The maximum Gasteiger partial charge on any atom is 0.340 e. The minimum atomic E-state index is -0.681. The molecular weight excluding hydrogens is 150 g/mol. The molecule has 1 aliphatic rings. The van der Waals surface area contributed by atoms with Crippen molar-refractivity contribution in [2.45, 2.75) is 19.6 Å². The highest BCUT2D eigenvalue weighted by molar-refractivity contribution is 4.81. The first-order valence-corrected chi connectivity index (χ1v) is 3.28. The fourth-order valence-electron chi connectivity index (χ4n) is 0.703. The predicted octanol–water partition coefficient (Wildman–Crippen LogP) is 0.578. The van der Waals surface area contributed by atoms with Crippen LogP contribution in [-0.4, -0.2) is 23.9 Å². The van der Waals surface area contributed by atoms with Gasteiger partial charge in [0, 0.05) is 4.92 Å². The standard InChI is InChI=1S/C6H10NO4/c1-6(2)10-3-5(4-11-6)7(8)9/h3-4H2,1-2H3. The lowest BCUT2D eigenvalue weighted by Gasteiger charge is -2.30. The normalized spacial score (nSPS) is 24.9. The van der Waals surface area contributed by atoms with E-state index in [0.29, 0.717) is 0 Å². The summed E-state index contributed by atoms with van der Waals surface area (Å²) in [5.41, 5.74) is 0. The fraction of sp³-hybridized carbons (Fsp3) is 0.833. The van der Waals surface area contributed by atoms with Crippen molar-refractivity contribution in [1.82, 2.24) is 0 Å². The molecule has 0 unspecified atom stereocenters. The van der Waals surface area contributed by atoms with Crippen LogP contribution in [0.25, 0.3) is 0 Å². The minimum Gasteiger partial charge on any atom is -0.343 e. The van der Waals surface area contributed by atoms with E-state index in [2.05, 4.69) is 0 Å². The van der Waals surface area contributed by atoms with Crippen LogP contribution >= 0.6 is 0 Å². The molecule has 1 rings (SSSR count). The van der Waals surface area contributed by atoms with Crippen LogP contribution in [0.15, 0.2) is 0 Å². The van der Waals surface area contributed by atoms with Crippen molar-refractivity contribution in [2.75, 3.05) is 13.2 Å². The molecule has 63 valence electrons. The zero-order valence-electron chi connectivity index (χ0n) is 6.49. The molecule has 1 radical (unpaired) electrons. The van der Waals surface area contributed by atoms with E-state index in [1.165, 1.54) is 0 Å². The second kappa shape index (κ2) is 2.75. The SMILES string of the molecule is CC1(C)OC[C]([N+](=O)[O-])CO1. The van der Waals surface area contributed by atoms with Gasteiger partial charge >= 0.3 is 6.04 Å². The number of nitro groups is 1. The van der Waals surface area contributed by atoms with Gasteiger partial charge < -0.3 is 9.47 Å². The number of hydrogen-bond donors (Lipinski definition) is 0. The molecule has 0 amide bonds. The molecule has 0 spiro atoms. The third-order valence-electron chi connectivity index (χ3n) is 1.43. The molecule has 0 saturated carbocycles. The molecule has 0 N–H and O–H groups in total. The van der Waals surface area contributed by atoms with Crippen LogP contribution in [0.2, 0.25) is 0 Å². The Morgan fingerprint density at radius 2 is 1.91 bits per heavy atom. The summed E-state index contributed by atoms with van der Waals surface area (Å²) in [4.78, 5) is 9.71. The van der Waals surface area contributed by atoms with Crippen LogP contribution in [0, 0.1) is 16.2 Å². The lowest BCUT2D eigenvalue weighted by atomic mass is 10.3. The van der Waals surface area contributed by atoms with Gasteiger partial charge in [-0.15, -0.1) is 0 Å². The Bertz CT molecular complexity index is 158. The van der Waals surface area contributed by atoms with Gasteiger partial charge in [0.25, 0.3) is 0 Å². The van der Waals surface area contributed by atoms with E-state index in [0.717, 1.165) is 0 Å². The van der Waals surface area contributed by atoms with E-state index in [9.17, 15) is 10.1 Å². The number of nitrogens with zero attached hydrogens (tertiary/aromatic N) is 1. The van der Waals surface area contributed by atoms with Gasteiger partial charge in [0.2, 0.25) is 0 Å². The average Bonchev–Trinajstić information content (AvgIpc) is 1.86. The quantitative estimate of drug-likeness (QED) is 0.415. The molecule has 0 bridgehead atoms. The Morgan fingerprint density at radius 1 is 1.45 bits per heavy atom. The molecule has 1 heterocycles. The summed E-state index contributed by atoms with van der Waals surface area (Å²) in [7, 11) is 0. The van der Waals surface area contributed by atoms with E-state index in [1.54, 1.807) is 13.8 Å². The molecule has 5 nitrogen and oxygen atoms in total. The highest BCUT2D eigenvalue weighted by Crippen LogP contribution is 2.21. The Labute approximate surface area is 64.4 Å². The van der Waals surface area contributed by atoms with Crippen molar-refractivity contribution in [2.24, 2.45) is 0 Å². The Kier molecular flexibility index (Phi) is 2.10. The number of ether oxygens (including phenoxy) is 2. The molecule has 1 saturated heterocycles. The van der Waals surface area contributed by atoms with Gasteiger partial charge in [-0.05, 0) is 13.8 Å². The van der Waals surface area contributed by atoms with Crippen LogP contribution < -0.4 is 0 Å². The van der Waals surface area contributed by atoms with Crippen molar-refractivity contribution in [1.29, 1.82) is 0 Å². The van der Waals surface area contributed by atoms with Crippen molar-refractivity contribution in [3.8, 4) is 0 Å².